The van der Waals surface area contributed by atoms with Gasteiger partial charge in [0.05, 0.1) is 0 Å². The summed E-state index contributed by atoms with van der Waals surface area (Å²) in [4.78, 5) is 9.77. The van der Waals surface area contributed by atoms with Crippen LogP contribution >= 0.6 is 0 Å². The summed E-state index contributed by atoms with van der Waals surface area (Å²) >= 11 is 0. The molecule has 50 valence electrons. The maximum absolute atomic E-state index is 9.77. The Hall–Kier alpha value is -0.830. The lowest BCUT2D eigenvalue weighted by atomic mass is 10.2. The molecule has 3 heteroatoms. The molecular formula is C6H9NO2. The normalized spacial score (nSPS) is 32.6. The van der Waals surface area contributed by atoms with Crippen LogP contribution in [0.5, 0.6) is 0 Å². The minimum atomic E-state index is -0.0856. The van der Waals surface area contributed by atoms with E-state index in [9.17, 15) is 4.79 Å². The molecule has 0 bridgehead atoms. The third-order valence-electron chi connectivity index (χ3n) is 1.31. The average Bonchev–Trinajstić information content (AvgIpc) is 2.17. The monoisotopic (exact) mass is 127 g/mol. The van der Waals surface area contributed by atoms with E-state index >= 15 is 0 Å². The van der Waals surface area contributed by atoms with E-state index in [1.54, 1.807) is 6.08 Å². The molecule has 0 aromatic rings. The third-order valence-corrected chi connectivity index (χ3v) is 1.31. The topological polar surface area (TPSA) is 52.3 Å². The van der Waals surface area contributed by atoms with E-state index < -0.39 is 0 Å². The molecule has 0 spiro atoms. The second kappa shape index (κ2) is 2.64. The van der Waals surface area contributed by atoms with Crippen molar-refractivity contribution in [2.75, 3.05) is 0 Å². The van der Waals surface area contributed by atoms with E-state index in [0.717, 1.165) is 6.42 Å². The van der Waals surface area contributed by atoms with Crippen LogP contribution in [0.15, 0.2) is 12.2 Å². The Morgan fingerprint density at radius 1 is 1.67 bits per heavy atom. The molecule has 1 rings (SSSR count). The maximum atomic E-state index is 9.77. The highest BCUT2D eigenvalue weighted by atomic mass is 16.5. The van der Waals surface area contributed by atoms with Crippen molar-refractivity contribution in [3.05, 3.63) is 12.2 Å². The molecule has 2 unspecified atom stereocenters. The van der Waals surface area contributed by atoms with Crippen molar-refractivity contribution in [2.24, 2.45) is 5.73 Å². The van der Waals surface area contributed by atoms with Gasteiger partial charge in [-0.15, -0.1) is 0 Å². The number of carbonyl (C=O) groups excluding carboxylic acids is 1. The summed E-state index contributed by atoms with van der Waals surface area (Å²) in [6.45, 7) is 0.451. The molecule has 0 amide bonds. The molecule has 2 atom stereocenters. The fourth-order valence-corrected chi connectivity index (χ4v) is 0.864. The van der Waals surface area contributed by atoms with Gasteiger partial charge in [-0.3, -0.25) is 4.79 Å². The molecule has 0 radical (unpaired) electrons. The Morgan fingerprint density at radius 2 is 2.44 bits per heavy atom. The lowest BCUT2D eigenvalue weighted by Gasteiger charge is -2.04. The van der Waals surface area contributed by atoms with Gasteiger partial charge in [-0.2, -0.15) is 0 Å². The first-order valence-corrected chi connectivity index (χ1v) is 2.86. The predicted octanol–water partition coefficient (Wildman–Crippen LogP) is -0.185. The van der Waals surface area contributed by atoms with E-state index in [2.05, 4.69) is 4.74 Å². The van der Waals surface area contributed by atoms with Crippen LogP contribution in [0.25, 0.3) is 0 Å². The van der Waals surface area contributed by atoms with Crippen LogP contribution in [0.1, 0.15) is 6.42 Å². The molecule has 0 saturated heterocycles. The van der Waals surface area contributed by atoms with Gasteiger partial charge in [-0.05, 0) is 6.08 Å². The van der Waals surface area contributed by atoms with Gasteiger partial charge in [0.15, 0.2) is 0 Å². The van der Waals surface area contributed by atoms with Crippen molar-refractivity contribution in [1.29, 1.82) is 0 Å². The van der Waals surface area contributed by atoms with Crippen molar-refractivity contribution in [1.82, 2.24) is 0 Å². The molecule has 1 aliphatic carbocycles. The zero-order valence-corrected chi connectivity index (χ0v) is 4.99. The van der Waals surface area contributed by atoms with Gasteiger partial charge in [0, 0.05) is 12.5 Å². The summed E-state index contributed by atoms with van der Waals surface area (Å²) in [6.07, 6.45) is 4.28. The van der Waals surface area contributed by atoms with E-state index in [4.69, 9.17) is 5.73 Å². The van der Waals surface area contributed by atoms with Gasteiger partial charge in [0.1, 0.15) is 6.10 Å². The van der Waals surface area contributed by atoms with Gasteiger partial charge in [-0.25, -0.2) is 0 Å². The van der Waals surface area contributed by atoms with Crippen molar-refractivity contribution in [3.63, 3.8) is 0 Å². The summed E-state index contributed by atoms with van der Waals surface area (Å²) in [5.74, 6) is 0. The zero-order chi connectivity index (χ0) is 6.69. The van der Waals surface area contributed by atoms with Crippen molar-refractivity contribution in [3.8, 4) is 0 Å². The number of nitrogens with two attached hydrogens (primary N) is 1. The maximum Gasteiger partial charge on any atom is 0.293 e. The Labute approximate surface area is 53.5 Å². The van der Waals surface area contributed by atoms with Gasteiger partial charge >= 0.3 is 0 Å². The van der Waals surface area contributed by atoms with Crippen LogP contribution in [0.3, 0.4) is 0 Å². The van der Waals surface area contributed by atoms with Crippen LogP contribution in [0.2, 0.25) is 0 Å². The lowest BCUT2D eigenvalue weighted by molar-refractivity contribution is -0.131. The molecule has 1 aliphatic rings. The standard InChI is InChI=1S/C6H9NO2/c7-5-1-2-6(3-5)9-4-8/h1-2,4-6H,3,7H2. The summed E-state index contributed by atoms with van der Waals surface area (Å²) < 4.78 is 4.63. The quantitative estimate of drug-likeness (QED) is 0.413. The Bertz CT molecular complexity index is 133. The molecule has 3 nitrogen and oxygen atoms in total. The second-order valence-corrected chi connectivity index (χ2v) is 2.06. The number of ether oxygens (including phenoxy) is 1. The first kappa shape index (κ1) is 6.29. The Kier molecular flexibility index (Phi) is 1.85. The van der Waals surface area contributed by atoms with Crippen LogP contribution in [-0.2, 0) is 9.53 Å². The number of rotatable bonds is 2. The lowest BCUT2D eigenvalue weighted by Crippen LogP contribution is -2.18. The Morgan fingerprint density at radius 3 is 2.89 bits per heavy atom. The highest BCUT2D eigenvalue weighted by Gasteiger charge is 2.15. The van der Waals surface area contributed by atoms with Gasteiger partial charge < -0.3 is 10.5 Å². The molecule has 9 heavy (non-hydrogen) atoms. The van der Waals surface area contributed by atoms with Crippen LogP contribution in [-0.4, -0.2) is 18.6 Å². The molecule has 0 heterocycles. The first-order valence-electron chi connectivity index (χ1n) is 2.86. The first-order chi connectivity index (χ1) is 4.33. The number of carbonyl (C=O) groups is 1. The third kappa shape index (κ3) is 1.54. The van der Waals surface area contributed by atoms with Crippen LogP contribution < -0.4 is 5.73 Å². The largest absolute Gasteiger partial charge is 0.460 e. The molecular weight excluding hydrogens is 118 g/mol. The highest BCUT2D eigenvalue weighted by Crippen LogP contribution is 2.10. The van der Waals surface area contributed by atoms with Gasteiger partial charge in [-0.1, -0.05) is 6.08 Å². The van der Waals surface area contributed by atoms with Crippen LogP contribution in [0.4, 0.5) is 0 Å². The predicted molar refractivity (Wildman–Crippen MR) is 32.7 cm³/mol. The smallest absolute Gasteiger partial charge is 0.293 e. The summed E-state index contributed by atoms with van der Waals surface area (Å²) in [5.41, 5.74) is 5.47. The fraction of sp³-hybridized carbons (Fsp3) is 0.500. The van der Waals surface area contributed by atoms with E-state index in [-0.39, 0.29) is 12.1 Å². The number of hydrogen-bond acceptors (Lipinski definition) is 3. The van der Waals surface area contributed by atoms with Crippen molar-refractivity contribution in [2.45, 2.75) is 18.6 Å². The molecule has 0 fully saturated rings. The SMILES string of the molecule is NC1C=CC(OC=O)C1. The highest BCUT2D eigenvalue weighted by molar-refractivity contribution is 5.38. The summed E-state index contributed by atoms with van der Waals surface area (Å²) in [6, 6.07) is 0.0648. The van der Waals surface area contributed by atoms with Gasteiger partial charge in [0.25, 0.3) is 6.47 Å². The van der Waals surface area contributed by atoms with E-state index in [1.165, 1.54) is 0 Å². The number of hydrogen-bond donors (Lipinski definition) is 1. The van der Waals surface area contributed by atoms with Crippen LogP contribution in [0, 0.1) is 0 Å². The Balaban J connectivity index is 2.31. The minimum absolute atomic E-state index is 0.0648. The van der Waals surface area contributed by atoms with E-state index in [1.807, 2.05) is 6.08 Å². The molecule has 0 aliphatic heterocycles. The van der Waals surface area contributed by atoms with Crippen molar-refractivity contribution >= 4 is 6.47 Å². The molecule has 2 N–H and O–H groups in total. The zero-order valence-electron chi connectivity index (χ0n) is 4.99. The van der Waals surface area contributed by atoms with Gasteiger partial charge in [0.2, 0.25) is 0 Å². The molecule has 0 aromatic heterocycles. The van der Waals surface area contributed by atoms with E-state index in [0.29, 0.717) is 6.47 Å². The molecule has 0 aromatic carbocycles. The summed E-state index contributed by atoms with van der Waals surface area (Å²) in [7, 11) is 0. The second-order valence-electron chi connectivity index (χ2n) is 2.06. The fourth-order valence-electron chi connectivity index (χ4n) is 0.864. The summed E-state index contributed by atoms with van der Waals surface area (Å²) in [5, 5.41) is 0. The molecule has 0 saturated carbocycles. The van der Waals surface area contributed by atoms with Crippen molar-refractivity contribution < 1.29 is 9.53 Å². The minimum Gasteiger partial charge on any atom is -0.460 e. The average molecular weight is 127 g/mol.